The Morgan fingerprint density at radius 1 is 0.742 bits per heavy atom. The van der Waals surface area contributed by atoms with E-state index < -0.39 is 17.8 Å². The molecule has 0 atom stereocenters. The lowest BCUT2D eigenvalue weighted by molar-refractivity contribution is -0.0790. The summed E-state index contributed by atoms with van der Waals surface area (Å²) in [7, 11) is 0. The lowest BCUT2D eigenvalue weighted by atomic mass is 9.97. The van der Waals surface area contributed by atoms with Crippen molar-refractivity contribution in [2.45, 2.75) is 38.8 Å². The topological polar surface area (TPSA) is 0 Å². The lowest BCUT2D eigenvalue weighted by Crippen LogP contribution is -2.00. The van der Waals surface area contributed by atoms with Crippen LogP contribution in [0.4, 0.5) is 22.0 Å². The summed E-state index contributed by atoms with van der Waals surface area (Å²) < 4.78 is 65.8. The Labute approximate surface area is 179 Å². The van der Waals surface area contributed by atoms with Crippen LogP contribution in [0, 0.1) is 11.6 Å². The maximum atomic E-state index is 14.8. The number of rotatable bonds is 7. The molecule has 0 aliphatic heterocycles. The average molecular weight is 430 g/mol. The first-order valence-electron chi connectivity index (χ1n) is 10.2. The molecule has 0 unspecified atom stereocenters. The van der Waals surface area contributed by atoms with E-state index in [-0.39, 0.29) is 22.8 Å². The van der Waals surface area contributed by atoms with Crippen molar-refractivity contribution in [1.29, 1.82) is 0 Å². The zero-order valence-corrected chi connectivity index (χ0v) is 17.1. The van der Waals surface area contributed by atoms with Crippen LogP contribution in [0.15, 0.2) is 66.7 Å². The first kappa shape index (κ1) is 22.7. The molecule has 5 heteroatoms. The fourth-order valence-electron chi connectivity index (χ4n) is 3.39. The van der Waals surface area contributed by atoms with Gasteiger partial charge >= 0.3 is 6.18 Å². The van der Waals surface area contributed by atoms with Crippen LogP contribution in [0.1, 0.15) is 37.3 Å². The van der Waals surface area contributed by atoms with E-state index in [0.717, 1.165) is 24.5 Å². The third-order valence-electron chi connectivity index (χ3n) is 5.09. The normalized spacial score (nSPS) is 11.9. The Bertz CT molecular complexity index is 1050. The number of aryl methyl sites for hydroxylation is 1. The van der Waals surface area contributed by atoms with Gasteiger partial charge in [-0.2, -0.15) is 13.2 Å². The van der Waals surface area contributed by atoms with Crippen molar-refractivity contribution in [3.05, 3.63) is 89.5 Å². The number of hydrogen-bond donors (Lipinski definition) is 0. The van der Waals surface area contributed by atoms with Crippen LogP contribution >= 0.6 is 0 Å². The van der Waals surface area contributed by atoms with Gasteiger partial charge in [-0.25, -0.2) is 8.78 Å². The van der Waals surface area contributed by atoms with Crippen LogP contribution in [0.2, 0.25) is 0 Å². The van der Waals surface area contributed by atoms with Gasteiger partial charge in [-0.3, -0.25) is 0 Å². The molecule has 0 heterocycles. The molecule has 0 bridgehead atoms. The van der Waals surface area contributed by atoms with Crippen LogP contribution in [0.5, 0.6) is 0 Å². The van der Waals surface area contributed by atoms with Gasteiger partial charge in [0, 0.05) is 17.2 Å². The molecule has 0 saturated heterocycles. The van der Waals surface area contributed by atoms with Crippen molar-refractivity contribution in [3.8, 4) is 22.3 Å². The van der Waals surface area contributed by atoms with Gasteiger partial charge < -0.3 is 0 Å². The van der Waals surface area contributed by atoms with E-state index in [2.05, 4.69) is 6.92 Å². The summed E-state index contributed by atoms with van der Waals surface area (Å²) in [6.45, 7) is 2.16. The summed E-state index contributed by atoms with van der Waals surface area (Å²) in [5.41, 5.74) is 3.05. The van der Waals surface area contributed by atoms with Gasteiger partial charge in [0.1, 0.15) is 11.6 Å². The number of hydrogen-bond acceptors (Lipinski definition) is 0. The molecule has 0 amide bonds. The number of benzene rings is 3. The van der Waals surface area contributed by atoms with Gasteiger partial charge in [-0.05, 0) is 53.3 Å². The zero-order chi connectivity index (χ0) is 22.4. The second-order valence-corrected chi connectivity index (χ2v) is 7.46. The third-order valence-corrected chi connectivity index (χ3v) is 5.09. The van der Waals surface area contributed by atoms with Crippen molar-refractivity contribution in [2.75, 3.05) is 0 Å². The highest BCUT2D eigenvalue weighted by Gasteiger charge is 2.22. The van der Waals surface area contributed by atoms with Crippen LogP contribution in [0.3, 0.4) is 0 Å². The fraction of sp³-hybridized carbons (Fsp3) is 0.231. The minimum absolute atomic E-state index is 0.0322. The number of halogens is 5. The first-order chi connectivity index (χ1) is 14.8. The highest BCUT2D eigenvalue weighted by Crippen LogP contribution is 2.30. The number of allylic oxidation sites excluding steroid dienone is 1. The molecule has 3 aromatic rings. The zero-order valence-electron chi connectivity index (χ0n) is 17.1. The Balaban J connectivity index is 1.79. The molecule has 0 N–H and O–H groups in total. The van der Waals surface area contributed by atoms with E-state index >= 15 is 0 Å². The van der Waals surface area contributed by atoms with Crippen molar-refractivity contribution >= 4 is 6.08 Å². The van der Waals surface area contributed by atoms with Crippen molar-refractivity contribution in [3.63, 3.8) is 0 Å². The molecule has 0 nitrogen and oxygen atoms in total. The van der Waals surface area contributed by atoms with E-state index in [1.807, 2.05) is 24.3 Å². The Hall–Kier alpha value is -2.95. The van der Waals surface area contributed by atoms with Crippen LogP contribution < -0.4 is 0 Å². The minimum atomic E-state index is -4.53. The van der Waals surface area contributed by atoms with E-state index in [1.165, 1.54) is 36.6 Å². The molecule has 0 radical (unpaired) electrons. The molecule has 0 aliphatic rings. The molecule has 0 fully saturated rings. The van der Waals surface area contributed by atoms with Gasteiger partial charge in [-0.1, -0.05) is 68.3 Å². The maximum absolute atomic E-state index is 14.8. The summed E-state index contributed by atoms with van der Waals surface area (Å²) >= 11 is 0. The number of alkyl halides is 3. The monoisotopic (exact) mass is 430 g/mol. The minimum Gasteiger partial charge on any atom is -0.206 e. The van der Waals surface area contributed by atoms with Gasteiger partial charge in [-0.15, -0.1) is 0 Å². The molecule has 0 aliphatic carbocycles. The molecule has 3 rings (SSSR count). The molecule has 0 aromatic heterocycles. The third kappa shape index (κ3) is 6.27. The van der Waals surface area contributed by atoms with Crippen molar-refractivity contribution in [2.24, 2.45) is 0 Å². The average Bonchev–Trinajstić information content (AvgIpc) is 2.73. The van der Waals surface area contributed by atoms with E-state index in [1.54, 1.807) is 12.1 Å². The van der Waals surface area contributed by atoms with Gasteiger partial charge in [0.15, 0.2) is 0 Å². The second-order valence-electron chi connectivity index (χ2n) is 7.46. The fourth-order valence-corrected chi connectivity index (χ4v) is 3.39. The van der Waals surface area contributed by atoms with Crippen molar-refractivity contribution < 1.29 is 22.0 Å². The molecular formula is C26H23F5. The highest BCUT2D eigenvalue weighted by molar-refractivity contribution is 5.72. The summed E-state index contributed by atoms with van der Waals surface area (Å²) in [5, 5.41) is 0. The van der Waals surface area contributed by atoms with Crippen LogP contribution in [0.25, 0.3) is 28.3 Å². The molecule has 0 saturated carbocycles. The Morgan fingerprint density at radius 3 is 2.00 bits per heavy atom. The van der Waals surface area contributed by atoms with Crippen LogP contribution in [-0.4, -0.2) is 6.18 Å². The second kappa shape index (κ2) is 9.90. The quantitative estimate of drug-likeness (QED) is 0.260. The smallest absolute Gasteiger partial charge is 0.206 e. The van der Waals surface area contributed by atoms with E-state index in [0.29, 0.717) is 11.6 Å². The molecule has 0 spiro atoms. The molecular weight excluding hydrogens is 407 g/mol. The van der Waals surface area contributed by atoms with Crippen molar-refractivity contribution in [1.82, 2.24) is 0 Å². The van der Waals surface area contributed by atoms with Crippen LogP contribution in [-0.2, 0) is 6.42 Å². The van der Waals surface area contributed by atoms with Gasteiger partial charge in [0.25, 0.3) is 0 Å². The largest absolute Gasteiger partial charge is 0.409 e. The number of unbranched alkanes of at least 4 members (excludes halogenated alkanes) is 2. The summed E-state index contributed by atoms with van der Waals surface area (Å²) in [5.74, 6) is -1.37. The van der Waals surface area contributed by atoms with E-state index in [9.17, 15) is 22.0 Å². The summed E-state index contributed by atoms with van der Waals surface area (Å²) in [6, 6.07) is 16.3. The van der Waals surface area contributed by atoms with E-state index in [4.69, 9.17) is 0 Å². The van der Waals surface area contributed by atoms with Gasteiger partial charge in [0.2, 0.25) is 0 Å². The predicted molar refractivity (Wildman–Crippen MR) is 116 cm³/mol. The predicted octanol–water partition coefficient (Wildman–Crippen LogP) is 8.61. The molecule has 3 aromatic carbocycles. The molecule has 162 valence electrons. The summed E-state index contributed by atoms with van der Waals surface area (Å²) in [6.07, 6.45) is 0.609. The SMILES string of the molecule is CCCCCc1ccc(-c2ccc(-c3ccc(/C=C/C(F)(F)F)c(F)c3)c(F)c2)cc1. The molecule has 31 heavy (non-hydrogen) atoms. The Morgan fingerprint density at radius 2 is 1.39 bits per heavy atom. The lowest BCUT2D eigenvalue weighted by Gasteiger charge is -2.09. The van der Waals surface area contributed by atoms with Gasteiger partial charge in [0.05, 0.1) is 0 Å². The maximum Gasteiger partial charge on any atom is 0.409 e. The summed E-state index contributed by atoms with van der Waals surface area (Å²) in [4.78, 5) is 0. The highest BCUT2D eigenvalue weighted by atomic mass is 19.4. The first-order valence-corrected chi connectivity index (χ1v) is 10.2. The Kier molecular flexibility index (Phi) is 7.26. The standard InChI is InChI=1S/C26H23F5/c1-2-3-4-5-18-6-8-19(9-7-18)21-12-13-23(25(28)16-21)22-11-10-20(24(27)17-22)14-15-26(29,30)31/h6-17H,2-5H2,1H3/b15-14+.